The first-order valence-electron chi connectivity index (χ1n) is 6.51. The van der Waals surface area contributed by atoms with Gasteiger partial charge in [-0.1, -0.05) is 18.2 Å². The predicted molar refractivity (Wildman–Crippen MR) is 78.4 cm³/mol. The second kappa shape index (κ2) is 5.78. The van der Waals surface area contributed by atoms with Crippen molar-refractivity contribution in [1.82, 2.24) is 9.88 Å². The third kappa shape index (κ3) is 3.10. The van der Waals surface area contributed by atoms with Crippen LogP contribution in [0.25, 0.3) is 10.9 Å². The fraction of sp³-hybridized carbons (Fsp3) is 0.267. The van der Waals surface area contributed by atoms with Gasteiger partial charge < -0.3 is 15.0 Å². The molecule has 1 amide bonds. The molecule has 2 N–H and O–H groups in total. The zero-order valence-electron chi connectivity index (χ0n) is 11.8. The quantitative estimate of drug-likeness (QED) is 0.882. The van der Waals surface area contributed by atoms with Gasteiger partial charge in [0, 0.05) is 24.5 Å². The number of amides is 1. The van der Waals surface area contributed by atoms with Crippen LogP contribution in [-0.4, -0.2) is 27.6 Å². The van der Waals surface area contributed by atoms with Gasteiger partial charge in [0.15, 0.2) is 0 Å². The molecule has 1 atom stereocenters. The summed E-state index contributed by atoms with van der Waals surface area (Å²) in [4.78, 5) is 34.8. The SMILES string of the molecule is CC(CC(=O)O)NC(=O)c1cc(=O)n(C)c2ccccc12. The monoisotopic (exact) mass is 288 g/mol. The molecule has 1 aromatic carbocycles. The van der Waals surface area contributed by atoms with E-state index < -0.39 is 17.9 Å². The number of nitrogens with zero attached hydrogens (tertiary/aromatic N) is 1. The topological polar surface area (TPSA) is 88.4 Å². The molecule has 0 fully saturated rings. The fourth-order valence-electron chi connectivity index (χ4n) is 2.21. The summed E-state index contributed by atoms with van der Waals surface area (Å²) in [5, 5.41) is 12.0. The third-order valence-electron chi connectivity index (χ3n) is 3.26. The largest absolute Gasteiger partial charge is 0.481 e. The molecule has 0 bridgehead atoms. The highest BCUT2D eigenvalue weighted by Crippen LogP contribution is 2.16. The Bertz CT molecular complexity index is 764. The van der Waals surface area contributed by atoms with E-state index in [-0.39, 0.29) is 17.5 Å². The number of nitrogens with one attached hydrogen (secondary N) is 1. The first kappa shape index (κ1) is 14.8. The van der Waals surface area contributed by atoms with Gasteiger partial charge in [-0.25, -0.2) is 0 Å². The van der Waals surface area contributed by atoms with Crippen molar-refractivity contribution in [3.8, 4) is 0 Å². The van der Waals surface area contributed by atoms with Crippen LogP contribution in [0.5, 0.6) is 0 Å². The summed E-state index contributed by atoms with van der Waals surface area (Å²) in [6.45, 7) is 1.61. The molecule has 0 aliphatic heterocycles. The van der Waals surface area contributed by atoms with Gasteiger partial charge in [0.1, 0.15) is 0 Å². The predicted octanol–water partition coefficient (Wildman–Crippen LogP) is 1.13. The number of para-hydroxylation sites is 1. The number of aliphatic carboxylic acids is 1. The molecule has 110 valence electrons. The number of carbonyl (C=O) groups is 2. The number of pyridine rings is 1. The molecule has 0 saturated heterocycles. The number of rotatable bonds is 4. The maximum Gasteiger partial charge on any atom is 0.305 e. The molecular weight excluding hydrogens is 272 g/mol. The zero-order chi connectivity index (χ0) is 15.6. The minimum Gasteiger partial charge on any atom is -0.481 e. The lowest BCUT2D eigenvalue weighted by atomic mass is 10.1. The number of aryl methyl sites for hydroxylation is 1. The van der Waals surface area contributed by atoms with Gasteiger partial charge in [-0.05, 0) is 13.0 Å². The van der Waals surface area contributed by atoms with Crippen molar-refractivity contribution in [1.29, 1.82) is 0 Å². The first-order chi connectivity index (χ1) is 9.90. The van der Waals surface area contributed by atoms with Crippen molar-refractivity contribution in [2.24, 2.45) is 7.05 Å². The van der Waals surface area contributed by atoms with Crippen LogP contribution in [0.1, 0.15) is 23.7 Å². The van der Waals surface area contributed by atoms with Crippen LogP contribution in [-0.2, 0) is 11.8 Å². The minimum atomic E-state index is -0.989. The third-order valence-corrected chi connectivity index (χ3v) is 3.26. The molecule has 1 aromatic heterocycles. The number of benzene rings is 1. The van der Waals surface area contributed by atoms with Crippen molar-refractivity contribution in [2.45, 2.75) is 19.4 Å². The molecule has 2 rings (SSSR count). The van der Waals surface area contributed by atoms with E-state index in [9.17, 15) is 14.4 Å². The number of fused-ring (bicyclic) bond motifs is 1. The van der Waals surface area contributed by atoms with E-state index in [0.29, 0.717) is 10.9 Å². The number of hydrogen-bond donors (Lipinski definition) is 2. The van der Waals surface area contributed by atoms with Crippen molar-refractivity contribution < 1.29 is 14.7 Å². The zero-order valence-corrected chi connectivity index (χ0v) is 11.8. The molecule has 6 nitrogen and oxygen atoms in total. The Balaban J connectivity index is 2.42. The van der Waals surface area contributed by atoms with Gasteiger partial charge in [0.2, 0.25) is 0 Å². The Labute approximate surface area is 121 Å². The molecule has 0 saturated carbocycles. The number of carbonyl (C=O) groups excluding carboxylic acids is 1. The van der Waals surface area contributed by atoms with E-state index in [2.05, 4.69) is 5.32 Å². The summed E-state index contributed by atoms with van der Waals surface area (Å²) >= 11 is 0. The maximum atomic E-state index is 12.3. The lowest BCUT2D eigenvalue weighted by molar-refractivity contribution is -0.137. The summed E-state index contributed by atoms with van der Waals surface area (Å²) in [6.07, 6.45) is -0.172. The van der Waals surface area contributed by atoms with E-state index >= 15 is 0 Å². The van der Waals surface area contributed by atoms with Crippen molar-refractivity contribution >= 4 is 22.8 Å². The molecule has 1 unspecified atom stereocenters. The second-order valence-electron chi connectivity index (χ2n) is 4.94. The van der Waals surface area contributed by atoms with Crippen LogP contribution in [0.3, 0.4) is 0 Å². The normalized spacial score (nSPS) is 12.1. The van der Waals surface area contributed by atoms with E-state index in [0.717, 1.165) is 0 Å². The van der Waals surface area contributed by atoms with Crippen LogP contribution in [0.15, 0.2) is 35.1 Å². The molecule has 6 heteroatoms. The van der Waals surface area contributed by atoms with Crippen LogP contribution in [0.4, 0.5) is 0 Å². The number of carboxylic acid groups (broad SMARTS) is 1. The number of hydrogen-bond acceptors (Lipinski definition) is 3. The van der Waals surface area contributed by atoms with Gasteiger partial charge in [0.25, 0.3) is 11.5 Å². The van der Waals surface area contributed by atoms with Gasteiger partial charge >= 0.3 is 5.97 Å². The molecule has 0 aliphatic carbocycles. The molecule has 0 radical (unpaired) electrons. The molecular formula is C15H16N2O4. The summed E-state index contributed by atoms with van der Waals surface area (Å²) in [7, 11) is 1.64. The van der Waals surface area contributed by atoms with Crippen molar-refractivity contribution in [2.75, 3.05) is 0 Å². The standard InChI is InChI=1S/C15H16N2O4/c1-9(7-14(19)20)16-15(21)11-8-13(18)17(2)12-6-4-3-5-10(11)12/h3-6,8-9H,7H2,1-2H3,(H,16,21)(H,19,20). The highest BCUT2D eigenvalue weighted by molar-refractivity contribution is 6.06. The van der Waals surface area contributed by atoms with E-state index in [1.807, 2.05) is 0 Å². The molecule has 21 heavy (non-hydrogen) atoms. The Morgan fingerprint density at radius 1 is 1.33 bits per heavy atom. The summed E-state index contributed by atoms with van der Waals surface area (Å²) in [6, 6.07) is 7.84. The van der Waals surface area contributed by atoms with Crippen molar-refractivity contribution in [3.63, 3.8) is 0 Å². The average Bonchev–Trinajstić information content (AvgIpc) is 2.41. The smallest absolute Gasteiger partial charge is 0.305 e. The Morgan fingerprint density at radius 3 is 2.67 bits per heavy atom. The lowest BCUT2D eigenvalue weighted by Crippen LogP contribution is -2.35. The first-order valence-corrected chi connectivity index (χ1v) is 6.51. The van der Waals surface area contributed by atoms with Gasteiger partial charge in [-0.2, -0.15) is 0 Å². The molecule has 2 aromatic rings. The Kier molecular flexibility index (Phi) is 4.07. The second-order valence-corrected chi connectivity index (χ2v) is 4.94. The summed E-state index contributed by atoms with van der Waals surface area (Å²) in [5.41, 5.74) is 0.622. The van der Waals surface area contributed by atoms with Crippen LogP contribution < -0.4 is 10.9 Å². The molecule has 1 heterocycles. The average molecular weight is 288 g/mol. The lowest BCUT2D eigenvalue weighted by Gasteiger charge is -2.14. The fourth-order valence-corrected chi connectivity index (χ4v) is 2.21. The Hall–Kier alpha value is -2.63. The molecule has 0 spiro atoms. The van der Waals surface area contributed by atoms with Crippen LogP contribution in [0, 0.1) is 0 Å². The summed E-state index contributed by atoms with van der Waals surface area (Å²) < 4.78 is 1.47. The van der Waals surface area contributed by atoms with E-state index in [1.54, 1.807) is 38.2 Å². The van der Waals surface area contributed by atoms with E-state index in [1.165, 1.54) is 10.6 Å². The van der Waals surface area contributed by atoms with Gasteiger partial charge in [-0.3, -0.25) is 14.4 Å². The summed E-state index contributed by atoms with van der Waals surface area (Å²) in [5.74, 6) is -1.44. The minimum absolute atomic E-state index is 0.172. The van der Waals surface area contributed by atoms with Gasteiger partial charge in [-0.15, -0.1) is 0 Å². The number of carboxylic acids is 1. The van der Waals surface area contributed by atoms with Gasteiger partial charge in [0.05, 0.1) is 17.5 Å². The Morgan fingerprint density at radius 2 is 2.00 bits per heavy atom. The van der Waals surface area contributed by atoms with Crippen LogP contribution >= 0.6 is 0 Å². The van der Waals surface area contributed by atoms with E-state index in [4.69, 9.17) is 5.11 Å². The van der Waals surface area contributed by atoms with Crippen LogP contribution in [0.2, 0.25) is 0 Å². The number of aromatic nitrogens is 1. The highest BCUT2D eigenvalue weighted by atomic mass is 16.4. The maximum absolute atomic E-state index is 12.3. The molecule has 0 aliphatic rings. The van der Waals surface area contributed by atoms with Crippen molar-refractivity contribution in [3.05, 3.63) is 46.2 Å². The highest BCUT2D eigenvalue weighted by Gasteiger charge is 2.16.